The van der Waals surface area contributed by atoms with Crippen LogP contribution in [0.1, 0.15) is 43.1 Å². The second kappa shape index (κ2) is 8.74. The summed E-state index contributed by atoms with van der Waals surface area (Å²) in [6, 6.07) is 10.5. The average molecular weight is 410 g/mol. The normalized spacial score (nSPS) is 17.6. The summed E-state index contributed by atoms with van der Waals surface area (Å²) in [6.45, 7) is 0.775. The van der Waals surface area contributed by atoms with Crippen LogP contribution in [0.5, 0.6) is 0 Å². The van der Waals surface area contributed by atoms with Gasteiger partial charge >= 0.3 is 0 Å². The summed E-state index contributed by atoms with van der Waals surface area (Å²) in [4.78, 5) is 19.6. The molecule has 0 bridgehead atoms. The Bertz CT molecular complexity index is 1010. The lowest BCUT2D eigenvalue weighted by molar-refractivity contribution is -0.128. The number of aromatic nitrogens is 2. The van der Waals surface area contributed by atoms with E-state index in [0.29, 0.717) is 0 Å². The Morgan fingerprint density at radius 3 is 2.79 bits per heavy atom. The van der Waals surface area contributed by atoms with Crippen molar-refractivity contribution >= 4 is 23.3 Å². The van der Waals surface area contributed by atoms with Crippen molar-refractivity contribution in [3.8, 4) is 10.6 Å². The number of carbonyl (C=O) groups is 1. The van der Waals surface area contributed by atoms with E-state index in [1.165, 1.54) is 29.2 Å². The fourth-order valence-corrected chi connectivity index (χ4v) is 4.63. The third kappa shape index (κ3) is 4.48. The first-order chi connectivity index (χ1) is 14.1. The van der Waals surface area contributed by atoms with Crippen molar-refractivity contribution in [1.29, 1.82) is 0 Å². The maximum Gasteiger partial charge on any atom is 0.247 e. The molecule has 4 rings (SSSR count). The SMILES string of the molecule is Cn1cccc1[C@H]1CCCCCN1C(=O)/C=C\c1csc(-c2ccc(F)cc2)n1. The van der Waals surface area contributed by atoms with Crippen LogP contribution >= 0.6 is 11.3 Å². The first-order valence-electron chi connectivity index (χ1n) is 9.93. The van der Waals surface area contributed by atoms with Gasteiger partial charge in [0.15, 0.2) is 0 Å². The van der Waals surface area contributed by atoms with Gasteiger partial charge in [-0.1, -0.05) is 12.8 Å². The summed E-state index contributed by atoms with van der Waals surface area (Å²) in [5.74, 6) is -0.240. The van der Waals surface area contributed by atoms with Crippen molar-refractivity contribution in [3.63, 3.8) is 0 Å². The number of benzene rings is 1. The van der Waals surface area contributed by atoms with E-state index < -0.39 is 0 Å². The van der Waals surface area contributed by atoms with Crippen molar-refractivity contribution in [2.75, 3.05) is 6.54 Å². The van der Waals surface area contributed by atoms with Gasteiger partial charge in [0, 0.05) is 42.5 Å². The average Bonchev–Trinajstić information content (AvgIpc) is 3.29. The second-order valence-electron chi connectivity index (χ2n) is 7.36. The second-order valence-corrected chi connectivity index (χ2v) is 8.22. The van der Waals surface area contributed by atoms with Crippen molar-refractivity contribution in [1.82, 2.24) is 14.5 Å². The highest BCUT2D eigenvalue weighted by atomic mass is 32.1. The quantitative estimate of drug-likeness (QED) is 0.538. The smallest absolute Gasteiger partial charge is 0.247 e. The van der Waals surface area contributed by atoms with E-state index in [-0.39, 0.29) is 17.8 Å². The highest BCUT2D eigenvalue weighted by Crippen LogP contribution is 2.31. The highest BCUT2D eigenvalue weighted by Gasteiger charge is 2.27. The molecule has 0 aliphatic carbocycles. The number of hydrogen-bond donors (Lipinski definition) is 0. The Kier molecular flexibility index (Phi) is 5.90. The number of likely N-dealkylation sites (tertiary alicyclic amines) is 1. The molecule has 2 aromatic heterocycles. The lowest BCUT2D eigenvalue weighted by atomic mass is 10.1. The van der Waals surface area contributed by atoms with E-state index in [0.717, 1.165) is 48.5 Å². The molecule has 1 amide bonds. The fourth-order valence-electron chi connectivity index (χ4n) is 3.84. The van der Waals surface area contributed by atoms with Gasteiger partial charge in [0.05, 0.1) is 11.7 Å². The topological polar surface area (TPSA) is 38.1 Å². The van der Waals surface area contributed by atoms with Gasteiger partial charge in [-0.15, -0.1) is 11.3 Å². The Labute approximate surface area is 174 Å². The number of hydrogen-bond acceptors (Lipinski definition) is 3. The lowest BCUT2D eigenvalue weighted by Gasteiger charge is -2.29. The Morgan fingerprint density at radius 1 is 1.21 bits per heavy atom. The van der Waals surface area contributed by atoms with Gasteiger partial charge in [0.25, 0.3) is 0 Å². The fraction of sp³-hybridized carbons (Fsp3) is 0.304. The monoisotopic (exact) mass is 409 g/mol. The van der Waals surface area contributed by atoms with Gasteiger partial charge in [0.2, 0.25) is 5.91 Å². The van der Waals surface area contributed by atoms with Gasteiger partial charge in [0.1, 0.15) is 10.8 Å². The number of carbonyl (C=O) groups excluding carboxylic acids is 1. The number of rotatable bonds is 4. The highest BCUT2D eigenvalue weighted by molar-refractivity contribution is 7.13. The van der Waals surface area contributed by atoms with Crippen LogP contribution in [0.4, 0.5) is 4.39 Å². The van der Waals surface area contributed by atoms with Crippen LogP contribution in [0.25, 0.3) is 16.6 Å². The zero-order valence-electron chi connectivity index (χ0n) is 16.4. The first kappa shape index (κ1) is 19.6. The van der Waals surface area contributed by atoms with E-state index in [2.05, 4.69) is 15.6 Å². The third-order valence-corrected chi connectivity index (χ3v) is 6.28. The van der Waals surface area contributed by atoms with Crippen LogP contribution < -0.4 is 0 Å². The molecule has 0 unspecified atom stereocenters. The zero-order chi connectivity index (χ0) is 20.2. The molecule has 29 heavy (non-hydrogen) atoms. The molecule has 0 saturated carbocycles. The largest absolute Gasteiger partial charge is 0.353 e. The van der Waals surface area contributed by atoms with E-state index >= 15 is 0 Å². The molecule has 0 spiro atoms. The number of thiazole rings is 1. The van der Waals surface area contributed by atoms with Gasteiger partial charge in [-0.2, -0.15) is 0 Å². The molecule has 1 atom stereocenters. The predicted octanol–water partition coefficient (Wildman–Crippen LogP) is 5.44. The summed E-state index contributed by atoms with van der Waals surface area (Å²) in [5, 5.41) is 2.73. The molecule has 3 aromatic rings. The van der Waals surface area contributed by atoms with Gasteiger partial charge in [-0.05, 0) is 55.3 Å². The van der Waals surface area contributed by atoms with Crippen molar-refractivity contribution in [2.45, 2.75) is 31.7 Å². The van der Waals surface area contributed by atoms with Crippen LogP contribution in [0.15, 0.2) is 54.1 Å². The van der Waals surface area contributed by atoms with Crippen LogP contribution in [-0.2, 0) is 11.8 Å². The van der Waals surface area contributed by atoms with Crippen LogP contribution in [0.3, 0.4) is 0 Å². The summed E-state index contributed by atoms with van der Waals surface area (Å²) in [5.41, 5.74) is 2.80. The van der Waals surface area contributed by atoms with E-state index in [1.807, 2.05) is 29.6 Å². The molecule has 6 heteroatoms. The third-order valence-electron chi connectivity index (χ3n) is 5.37. The van der Waals surface area contributed by atoms with Gasteiger partial charge in [-0.3, -0.25) is 4.79 Å². The summed E-state index contributed by atoms with van der Waals surface area (Å²) >= 11 is 1.49. The van der Waals surface area contributed by atoms with Crippen molar-refractivity contribution in [3.05, 3.63) is 71.3 Å². The minimum absolute atomic E-state index is 0.0226. The molecule has 1 saturated heterocycles. The van der Waals surface area contributed by atoms with Crippen molar-refractivity contribution in [2.24, 2.45) is 7.05 Å². The van der Waals surface area contributed by atoms with Crippen LogP contribution in [0, 0.1) is 5.82 Å². The summed E-state index contributed by atoms with van der Waals surface area (Å²) < 4.78 is 15.2. The lowest BCUT2D eigenvalue weighted by Crippen LogP contribution is -2.34. The van der Waals surface area contributed by atoms with E-state index in [1.54, 1.807) is 24.3 Å². The molecule has 1 fully saturated rings. The van der Waals surface area contributed by atoms with Crippen molar-refractivity contribution < 1.29 is 9.18 Å². The van der Waals surface area contributed by atoms with E-state index in [9.17, 15) is 9.18 Å². The predicted molar refractivity (Wildman–Crippen MR) is 115 cm³/mol. The maximum absolute atomic E-state index is 13.1. The molecule has 0 N–H and O–H groups in total. The molecule has 1 aromatic carbocycles. The summed E-state index contributed by atoms with van der Waals surface area (Å²) in [7, 11) is 2.03. The van der Waals surface area contributed by atoms with Crippen LogP contribution in [0.2, 0.25) is 0 Å². The molecule has 1 aliphatic heterocycles. The number of nitrogens with zero attached hydrogens (tertiary/aromatic N) is 3. The summed E-state index contributed by atoms with van der Waals surface area (Å²) in [6.07, 6.45) is 9.75. The zero-order valence-corrected chi connectivity index (χ0v) is 17.2. The molecular formula is C23H24FN3OS. The molecule has 1 aliphatic rings. The Balaban J connectivity index is 1.50. The minimum Gasteiger partial charge on any atom is -0.353 e. The number of aryl methyl sites for hydroxylation is 1. The van der Waals surface area contributed by atoms with Gasteiger partial charge < -0.3 is 9.47 Å². The molecule has 0 radical (unpaired) electrons. The standard InChI is InChI=1S/C23H24FN3OS/c1-26-14-5-7-20(26)21-6-3-2-4-15-27(21)22(28)13-12-19-16-29-23(25-19)17-8-10-18(24)11-9-17/h5,7-14,16,21H,2-4,6,15H2,1H3/b13-12-/t21-/m1/s1. The Morgan fingerprint density at radius 2 is 2.03 bits per heavy atom. The Hall–Kier alpha value is -2.73. The van der Waals surface area contributed by atoms with Gasteiger partial charge in [-0.25, -0.2) is 9.37 Å². The molecule has 150 valence electrons. The minimum atomic E-state index is -0.263. The first-order valence-corrected chi connectivity index (χ1v) is 10.8. The maximum atomic E-state index is 13.1. The van der Waals surface area contributed by atoms with E-state index in [4.69, 9.17) is 0 Å². The number of amides is 1. The number of halogens is 1. The molecular weight excluding hydrogens is 385 g/mol. The molecule has 3 heterocycles. The molecule has 4 nitrogen and oxygen atoms in total. The van der Waals surface area contributed by atoms with Crippen LogP contribution in [-0.4, -0.2) is 26.9 Å².